The van der Waals surface area contributed by atoms with Crippen LogP contribution in [0, 0.1) is 11.8 Å². The van der Waals surface area contributed by atoms with E-state index in [0.29, 0.717) is 18.4 Å². The summed E-state index contributed by atoms with van der Waals surface area (Å²) >= 11 is 0. The van der Waals surface area contributed by atoms with Crippen LogP contribution < -0.4 is 4.74 Å². The Morgan fingerprint density at radius 3 is 2.44 bits per heavy atom. The highest BCUT2D eigenvalue weighted by Gasteiger charge is 2.41. The highest BCUT2D eigenvalue weighted by molar-refractivity contribution is 6.13. The van der Waals surface area contributed by atoms with E-state index in [1.54, 1.807) is 24.3 Å². The lowest BCUT2D eigenvalue weighted by Crippen LogP contribution is -2.39. The lowest BCUT2D eigenvalue weighted by molar-refractivity contribution is -0.140. The van der Waals surface area contributed by atoms with Gasteiger partial charge in [-0.2, -0.15) is 0 Å². The minimum absolute atomic E-state index is 0.0547. The van der Waals surface area contributed by atoms with Gasteiger partial charge in [0.15, 0.2) is 5.78 Å². The molecule has 0 saturated carbocycles. The number of esters is 1. The third kappa shape index (κ3) is 6.01. The van der Waals surface area contributed by atoms with Crippen molar-refractivity contribution in [3.8, 4) is 5.75 Å². The van der Waals surface area contributed by atoms with Gasteiger partial charge in [0.25, 0.3) is 0 Å². The van der Waals surface area contributed by atoms with Crippen molar-refractivity contribution in [2.24, 2.45) is 11.8 Å². The molecule has 0 amide bonds. The molecule has 0 bridgehead atoms. The summed E-state index contributed by atoms with van der Waals surface area (Å²) in [5, 5.41) is 8.63. The van der Waals surface area contributed by atoms with Crippen LogP contribution in [0.2, 0.25) is 0 Å². The van der Waals surface area contributed by atoms with Gasteiger partial charge in [0.05, 0.1) is 5.56 Å². The monoisotopic (exact) mass is 374 g/mol. The van der Waals surface area contributed by atoms with Gasteiger partial charge in [-0.05, 0) is 37.8 Å². The Morgan fingerprint density at radius 2 is 1.74 bits per heavy atom. The summed E-state index contributed by atoms with van der Waals surface area (Å²) < 4.78 is 5.33. The number of carboxylic acid groups (broad SMARTS) is 1. The number of ether oxygens (including phenoxy) is 1. The molecule has 146 valence electrons. The number of hydrogen-bond donors (Lipinski definition) is 1. The summed E-state index contributed by atoms with van der Waals surface area (Å²) in [6.45, 7) is 1.46. The standard InChI is InChI=1S/C21H26O6/c1-14(22)13-15(9-5-3-2-4-6-12-18(23)24)19-20(25)16-10-7-8-11-17(16)27-21(19)26/h7-8,10-11,15,19H,2-6,9,12-13H2,1H3,(H,23,24). The summed E-state index contributed by atoms with van der Waals surface area (Å²) in [5.41, 5.74) is 0.393. The van der Waals surface area contributed by atoms with Crippen molar-refractivity contribution < 1.29 is 29.0 Å². The molecule has 1 aromatic carbocycles. The maximum absolute atomic E-state index is 12.8. The van der Waals surface area contributed by atoms with E-state index in [2.05, 4.69) is 0 Å². The molecule has 0 aromatic heterocycles. The lowest BCUT2D eigenvalue weighted by atomic mass is 9.78. The topological polar surface area (TPSA) is 97.7 Å². The van der Waals surface area contributed by atoms with Gasteiger partial charge in [0.2, 0.25) is 0 Å². The number of hydrogen-bond acceptors (Lipinski definition) is 5. The summed E-state index contributed by atoms with van der Waals surface area (Å²) in [6, 6.07) is 6.67. The van der Waals surface area contributed by atoms with Crippen LogP contribution in [-0.2, 0) is 14.4 Å². The van der Waals surface area contributed by atoms with Crippen LogP contribution in [0.1, 0.15) is 68.6 Å². The van der Waals surface area contributed by atoms with Crippen LogP contribution >= 0.6 is 0 Å². The summed E-state index contributed by atoms with van der Waals surface area (Å²) in [5.74, 6) is -2.71. The molecule has 0 fully saturated rings. The maximum atomic E-state index is 12.8. The first-order valence-corrected chi connectivity index (χ1v) is 9.46. The Hall–Kier alpha value is -2.50. The van der Waals surface area contributed by atoms with E-state index in [1.807, 2.05) is 0 Å². The summed E-state index contributed by atoms with van der Waals surface area (Å²) in [6.07, 6.45) is 4.97. The molecule has 1 aliphatic rings. The second-order valence-corrected chi connectivity index (χ2v) is 7.13. The van der Waals surface area contributed by atoms with Crippen LogP contribution in [0.15, 0.2) is 24.3 Å². The number of carbonyl (C=O) groups is 4. The summed E-state index contributed by atoms with van der Waals surface area (Å²) in [7, 11) is 0. The van der Waals surface area contributed by atoms with Crippen molar-refractivity contribution in [1.82, 2.24) is 0 Å². The minimum Gasteiger partial charge on any atom is -0.481 e. The predicted molar refractivity (Wildman–Crippen MR) is 98.6 cm³/mol. The zero-order valence-corrected chi connectivity index (χ0v) is 15.6. The Labute approximate surface area is 158 Å². The number of rotatable bonds is 11. The van der Waals surface area contributed by atoms with Crippen molar-refractivity contribution in [3.63, 3.8) is 0 Å². The van der Waals surface area contributed by atoms with E-state index in [1.165, 1.54) is 6.92 Å². The second kappa shape index (κ2) is 10.00. The van der Waals surface area contributed by atoms with Gasteiger partial charge in [-0.25, -0.2) is 0 Å². The van der Waals surface area contributed by atoms with E-state index in [4.69, 9.17) is 9.84 Å². The normalized spacial score (nSPS) is 17.1. The van der Waals surface area contributed by atoms with Crippen LogP contribution in [0.25, 0.3) is 0 Å². The Morgan fingerprint density at radius 1 is 1.07 bits per heavy atom. The fourth-order valence-electron chi connectivity index (χ4n) is 3.58. The van der Waals surface area contributed by atoms with E-state index >= 15 is 0 Å². The summed E-state index contributed by atoms with van der Waals surface area (Å²) in [4.78, 5) is 47.4. The Kier molecular flexibility index (Phi) is 7.70. The number of carbonyl (C=O) groups excluding carboxylic acids is 3. The predicted octanol–water partition coefficient (Wildman–Crippen LogP) is 3.82. The number of ketones is 2. The molecule has 6 heteroatoms. The molecular weight excluding hydrogens is 348 g/mol. The number of carboxylic acids is 1. The molecule has 0 aliphatic carbocycles. The first-order valence-electron chi connectivity index (χ1n) is 9.46. The van der Waals surface area contributed by atoms with Crippen molar-refractivity contribution in [2.45, 2.75) is 58.3 Å². The number of Topliss-reactive ketones (excluding diaryl/α,β-unsaturated/α-hetero) is 2. The van der Waals surface area contributed by atoms with Gasteiger partial charge in [0, 0.05) is 12.8 Å². The largest absolute Gasteiger partial charge is 0.481 e. The molecule has 0 saturated heterocycles. The molecule has 2 unspecified atom stereocenters. The minimum atomic E-state index is -0.934. The maximum Gasteiger partial charge on any atom is 0.322 e. The van der Waals surface area contributed by atoms with Crippen LogP contribution in [0.3, 0.4) is 0 Å². The SMILES string of the molecule is CC(=O)CC(CCCCCCCC(=O)O)C1C(=O)Oc2ccccc2C1=O. The van der Waals surface area contributed by atoms with Crippen LogP contribution in [0.4, 0.5) is 0 Å². The Bertz CT molecular complexity index is 708. The molecule has 0 radical (unpaired) electrons. The highest BCUT2D eigenvalue weighted by atomic mass is 16.5. The number of fused-ring (bicyclic) bond motifs is 1. The van der Waals surface area contributed by atoms with Crippen molar-refractivity contribution >= 4 is 23.5 Å². The molecular formula is C21H26O6. The van der Waals surface area contributed by atoms with Gasteiger partial charge >= 0.3 is 11.9 Å². The molecule has 1 N–H and O–H groups in total. The van der Waals surface area contributed by atoms with Gasteiger partial charge in [0.1, 0.15) is 17.5 Å². The molecule has 1 aliphatic heterocycles. The lowest BCUT2D eigenvalue weighted by Gasteiger charge is -2.28. The van der Waals surface area contributed by atoms with E-state index in [0.717, 1.165) is 25.7 Å². The van der Waals surface area contributed by atoms with Gasteiger partial charge in [-0.1, -0.05) is 37.8 Å². The van der Waals surface area contributed by atoms with Gasteiger partial charge in [-0.15, -0.1) is 0 Å². The fourth-order valence-corrected chi connectivity index (χ4v) is 3.58. The quantitative estimate of drug-likeness (QED) is 0.274. The smallest absolute Gasteiger partial charge is 0.322 e. The van der Waals surface area contributed by atoms with Crippen LogP contribution in [0.5, 0.6) is 5.75 Å². The van der Waals surface area contributed by atoms with Crippen LogP contribution in [-0.4, -0.2) is 28.6 Å². The van der Waals surface area contributed by atoms with E-state index in [9.17, 15) is 19.2 Å². The fraction of sp³-hybridized carbons (Fsp3) is 0.524. The first kappa shape index (κ1) is 20.8. The molecule has 2 rings (SSSR count). The highest BCUT2D eigenvalue weighted by Crippen LogP contribution is 2.35. The van der Waals surface area contributed by atoms with Crippen molar-refractivity contribution in [2.75, 3.05) is 0 Å². The number of unbranched alkanes of at least 4 members (excludes halogenated alkanes) is 4. The van der Waals surface area contributed by atoms with Gasteiger partial charge in [-0.3, -0.25) is 14.4 Å². The average molecular weight is 374 g/mol. The second-order valence-electron chi connectivity index (χ2n) is 7.13. The molecule has 1 aromatic rings. The van der Waals surface area contributed by atoms with E-state index < -0.39 is 17.9 Å². The van der Waals surface area contributed by atoms with Gasteiger partial charge < -0.3 is 14.6 Å². The number of benzene rings is 1. The zero-order chi connectivity index (χ0) is 19.8. The number of aliphatic carboxylic acids is 1. The van der Waals surface area contributed by atoms with Crippen molar-refractivity contribution in [3.05, 3.63) is 29.8 Å². The molecule has 6 nitrogen and oxygen atoms in total. The zero-order valence-electron chi connectivity index (χ0n) is 15.6. The third-order valence-electron chi connectivity index (χ3n) is 4.89. The molecule has 2 atom stereocenters. The molecule has 1 heterocycles. The number of para-hydroxylation sites is 1. The third-order valence-corrected chi connectivity index (χ3v) is 4.89. The molecule has 0 spiro atoms. The average Bonchev–Trinajstić information content (AvgIpc) is 2.60. The van der Waals surface area contributed by atoms with E-state index in [-0.39, 0.29) is 36.1 Å². The Balaban J connectivity index is 1.95. The molecule has 27 heavy (non-hydrogen) atoms. The van der Waals surface area contributed by atoms with Crippen molar-refractivity contribution in [1.29, 1.82) is 0 Å². The first-order chi connectivity index (χ1) is 12.9.